The zero-order valence-electron chi connectivity index (χ0n) is 36.2. The molecule has 0 bridgehead atoms. The Morgan fingerprint density at radius 2 is 1.18 bits per heavy atom. The Hall–Kier alpha value is -3.42. The van der Waals surface area contributed by atoms with Gasteiger partial charge in [0.25, 0.3) is 5.56 Å². The first-order valence-electron chi connectivity index (χ1n) is 25.4. The first-order chi connectivity index (χ1) is 30.4. The molecule has 4 aromatic carbocycles. The number of halogens is 1. The summed E-state index contributed by atoms with van der Waals surface area (Å²) in [7, 11) is 0. The number of nitrogen functional groups attached to an aromatic ring is 2. The minimum absolute atomic E-state index is 0.0572. The summed E-state index contributed by atoms with van der Waals surface area (Å²) in [5.41, 5.74) is 18.8. The fraction of sp³-hybridized carbons (Fsp3) is 0.600. The maximum absolute atomic E-state index is 14.5. The zero-order valence-corrected chi connectivity index (χ0v) is 37.7. The van der Waals surface area contributed by atoms with Crippen LogP contribution in [0, 0.1) is 94.7 Å². The molecule has 2 aromatic heterocycles. The lowest BCUT2D eigenvalue weighted by Gasteiger charge is -2.71. The lowest BCUT2D eigenvalue weighted by molar-refractivity contribution is -0.228. The molecule has 6 aromatic rings. The van der Waals surface area contributed by atoms with Crippen molar-refractivity contribution in [3.8, 4) is 0 Å². The van der Waals surface area contributed by atoms with Crippen LogP contribution in [0.15, 0.2) is 57.8 Å². The maximum Gasteiger partial charge on any atom is 0.264 e. The monoisotopic (exact) mass is 887 g/mol. The predicted octanol–water partition coefficient (Wildman–Crippen LogP) is 11.9. The Kier molecular flexibility index (Phi) is 7.80. The number of hydrogen-bond acceptors (Lipinski definition) is 5. The van der Waals surface area contributed by atoms with Gasteiger partial charge in [-0.25, -0.2) is 4.98 Å². The van der Waals surface area contributed by atoms with Gasteiger partial charge in [0.1, 0.15) is 5.65 Å². The molecular formula is C55H62BrN5O. The highest BCUT2D eigenvalue weighted by Crippen LogP contribution is 2.73. The van der Waals surface area contributed by atoms with Gasteiger partial charge in [0.15, 0.2) is 0 Å². The van der Waals surface area contributed by atoms with Gasteiger partial charge in [0.05, 0.1) is 11.0 Å². The van der Waals surface area contributed by atoms with E-state index in [4.69, 9.17) is 16.5 Å². The molecule has 6 nitrogen and oxygen atoms in total. The summed E-state index contributed by atoms with van der Waals surface area (Å²) in [6, 6.07) is 16.3. The van der Waals surface area contributed by atoms with Crippen LogP contribution in [-0.4, -0.2) is 27.4 Å². The van der Waals surface area contributed by atoms with Crippen molar-refractivity contribution >= 4 is 76.3 Å². The Bertz CT molecular complexity index is 2860. The van der Waals surface area contributed by atoms with Crippen molar-refractivity contribution in [3.05, 3.63) is 68.9 Å². The maximum atomic E-state index is 14.5. The summed E-state index contributed by atoms with van der Waals surface area (Å²) in [6.45, 7) is 3.21. The van der Waals surface area contributed by atoms with Gasteiger partial charge in [-0.2, -0.15) is 0 Å². The van der Waals surface area contributed by atoms with Crippen LogP contribution in [0.4, 0.5) is 11.4 Å². The lowest BCUT2D eigenvalue weighted by Crippen LogP contribution is -2.66. The molecule has 4 N–H and O–H groups in total. The van der Waals surface area contributed by atoms with Gasteiger partial charge in [0.2, 0.25) is 0 Å². The van der Waals surface area contributed by atoms with Gasteiger partial charge in [-0.15, -0.1) is 0 Å². The molecule has 10 unspecified atom stereocenters. The fourth-order valence-electron chi connectivity index (χ4n) is 20.1. The summed E-state index contributed by atoms with van der Waals surface area (Å²) in [4.78, 5) is 22.6. The van der Waals surface area contributed by atoms with E-state index >= 15 is 0 Å². The Morgan fingerprint density at radius 1 is 0.581 bits per heavy atom. The second-order valence-corrected chi connectivity index (χ2v) is 24.0. The van der Waals surface area contributed by atoms with Crippen LogP contribution in [0.2, 0.25) is 0 Å². The van der Waals surface area contributed by atoms with Crippen LogP contribution in [0.3, 0.4) is 0 Å². The molecule has 9 aliphatic rings. The van der Waals surface area contributed by atoms with Gasteiger partial charge in [-0.3, -0.25) is 14.1 Å². The normalized spacial score (nSPS) is 40.8. The van der Waals surface area contributed by atoms with E-state index in [1.54, 1.807) is 64.2 Å². The van der Waals surface area contributed by atoms with Crippen molar-refractivity contribution in [1.29, 1.82) is 0 Å². The minimum atomic E-state index is -0.0572. The first kappa shape index (κ1) is 36.9. The number of aromatic nitrogens is 2. The smallest absolute Gasteiger partial charge is 0.264 e. The number of hydrogen-bond donors (Lipinski definition) is 2. The molecule has 1 saturated heterocycles. The summed E-state index contributed by atoms with van der Waals surface area (Å²) >= 11 is 3.73. The van der Waals surface area contributed by atoms with Crippen molar-refractivity contribution in [2.24, 2.45) is 94.7 Å². The largest absolute Gasteiger partial charge is 0.399 e. The number of piperidine rings is 1. The SMILES string of the molecule is Nc1cc2c(CN3CC4CCC5C6CCC7C8CCCC9CCCC(C%10CCC(C%11CCC(C3)C4C5%11)C6C7%10)C98)c(N)cc3nc4c5ccc(Br)c6cccc(c(=O)n4c(c1)c32)c65. The van der Waals surface area contributed by atoms with Crippen LogP contribution in [0.1, 0.15) is 95.5 Å². The second-order valence-electron chi connectivity index (χ2n) is 23.2. The Labute approximate surface area is 373 Å². The van der Waals surface area contributed by atoms with E-state index in [0.717, 1.165) is 155 Å². The van der Waals surface area contributed by atoms with E-state index in [9.17, 15) is 4.79 Å². The molecule has 8 saturated carbocycles. The molecular weight excluding hydrogens is 827 g/mol. The van der Waals surface area contributed by atoms with Gasteiger partial charge < -0.3 is 11.5 Å². The quantitative estimate of drug-likeness (QED) is 0.103. The molecule has 15 rings (SSSR count). The molecule has 7 heteroatoms. The van der Waals surface area contributed by atoms with Crippen molar-refractivity contribution in [1.82, 2.24) is 14.3 Å². The van der Waals surface area contributed by atoms with Gasteiger partial charge in [-0.05, 0) is 212 Å². The number of likely N-dealkylation sites (tertiary alicyclic amines) is 1. The van der Waals surface area contributed by atoms with Crippen LogP contribution >= 0.6 is 15.9 Å². The van der Waals surface area contributed by atoms with Crippen LogP contribution in [-0.2, 0) is 6.54 Å². The number of pyridine rings is 1. The highest BCUT2D eigenvalue weighted by molar-refractivity contribution is 9.10. The third-order valence-electron chi connectivity index (χ3n) is 21.4. The van der Waals surface area contributed by atoms with Crippen LogP contribution in [0.5, 0.6) is 0 Å². The number of fused-ring (bicyclic) bond motifs is 7. The van der Waals surface area contributed by atoms with E-state index in [0.29, 0.717) is 16.7 Å². The number of benzene rings is 4. The lowest BCUT2D eigenvalue weighted by atomic mass is 9.34. The van der Waals surface area contributed by atoms with Crippen molar-refractivity contribution in [2.45, 2.75) is 96.4 Å². The van der Waals surface area contributed by atoms with Crippen molar-refractivity contribution < 1.29 is 0 Å². The molecule has 0 spiro atoms. The number of nitrogens with two attached hydrogens (primary N) is 2. The topological polar surface area (TPSA) is 89.7 Å². The molecule has 320 valence electrons. The Balaban J connectivity index is 0.761. The predicted molar refractivity (Wildman–Crippen MR) is 255 cm³/mol. The molecule has 1 aliphatic heterocycles. The number of rotatable bonds is 2. The van der Waals surface area contributed by atoms with E-state index in [2.05, 4.69) is 51.2 Å². The second kappa shape index (κ2) is 13.1. The van der Waals surface area contributed by atoms with Crippen molar-refractivity contribution in [3.63, 3.8) is 0 Å². The Morgan fingerprint density at radius 3 is 1.84 bits per heavy atom. The number of anilines is 2. The average Bonchev–Trinajstić information content (AvgIpc) is 3.29. The molecule has 9 fully saturated rings. The molecule has 10 atom stereocenters. The third-order valence-corrected chi connectivity index (χ3v) is 22.1. The van der Waals surface area contributed by atoms with Gasteiger partial charge in [0, 0.05) is 57.0 Å². The molecule has 0 amide bonds. The standard InChI is InChI=1S/C55H62BrN5O/c56-43-19-18-39-49-38(43)8-3-9-40(49)55(62)61-46-21-29(57)20-41-42(44(58)22-45(53(41)46)59-54(39)61)25-60-23-27-10-12-32-36-16-14-34-30-6-1-4-26-5-2-7-31(48(26)30)35-15-17-37(52(36)51(34)35)33-13-11-28(24-60)47(27)50(32)33/h3,8-9,18-22,26-28,30-37,47-48,50-52H,1-2,4-7,10-17,23-25,57-58H2. The van der Waals surface area contributed by atoms with E-state index < -0.39 is 0 Å². The molecule has 0 radical (unpaired) electrons. The van der Waals surface area contributed by atoms with E-state index in [-0.39, 0.29) is 5.56 Å². The van der Waals surface area contributed by atoms with Gasteiger partial charge in [-0.1, -0.05) is 53.7 Å². The van der Waals surface area contributed by atoms with Crippen LogP contribution in [0.25, 0.3) is 49.0 Å². The molecule has 62 heavy (non-hydrogen) atoms. The van der Waals surface area contributed by atoms with Crippen molar-refractivity contribution in [2.75, 3.05) is 24.6 Å². The highest BCUT2D eigenvalue weighted by atomic mass is 79.9. The van der Waals surface area contributed by atoms with E-state index in [1.165, 1.54) is 38.8 Å². The average molecular weight is 889 g/mol. The van der Waals surface area contributed by atoms with E-state index in [1.807, 2.05) is 22.6 Å². The minimum Gasteiger partial charge on any atom is -0.399 e. The third kappa shape index (κ3) is 4.76. The summed E-state index contributed by atoms with van der Waals surface area (Å²) < 4.78 is 2.79. The zero-order chi connectivity index (χ0) is 40.9. The molecule has 8 aliphatic carbocycles. The molecule has 3 heterocycles. The van der Waals surface area contributed by atoms with Crippen LogP contribution < -0.4 is 17.0 Å². The summed E-state index contributed by atoms with van der Waals surface area (Å²) in [6.07, 6.45) is 21.6. The highest BCUT2D eigenvalue weighted by Gasteiger charge is 2.66. The fourth-order valence-corrected chi connectivity index (χ4v) is 20.5. The first-order valence-corrected chi connectivity index (χ1v) is 26.2. The summed E-state index contributed by atoms with van der Waals surface area (Å²) in [5, 5.41) is 5.66. The van der Waals surface area contributed by atoms with Gasteiger partial charge >= 0.3 is 0 Å². The summed E-state index contributed by atoms with van der Waals surface area (Å²) in [5.74, 6) is 16.3. The number of nitrogens with zero attached hydrogens (tertiary/aromatic N) is 3.